The summed E-state index contributed by atoms with van der Waals surface area (Å²) in [4.78, 5) is 3.95. The number of rotatable bonds is 6. The first-order valence-electron chi connectivity index (χ1n) is 9.52. The molecule has 9 heteroatoms. The van der Waals surface area contributed by atoms with Gasteiger partial charge in [-0.3, -0.25) is 0 Å². The zero-order chi connectivity index (χ0) is 22.8. The predicted molar refractivity (Wildman–Crippen MR) is 113 cm³/mol. The van der Waals surface area contributed by atoms with Gasteiger partial charge in [0.2, 0.25) is 26.6 Å². The number of benzene rings is 3. The van der Waals surface area contributed by atoms with Gasteiger partial charge in [0, 0.05) is 12.1 Å². The van der Waals surface area contributed by atoms with E-state index >= 15 is 0 Å². The fraction of sp³-hybridized carbons (Fsp3) is 0.0870. The number of nitrogens with one attached hydrogen (secondary N) is 1. The van der Waals surface area contributed by atoms with Gasteiger partial charge in [-0.15, -0.1) is 0 Å². The van der Waals surface area contributed by atoms with E-state index in [9.17, 15) is 21.6 Å². The van der Waals surface area contributed by atoms with Crippen molar-refractivity contribution in [2.24, 2.45) is 0 Å². The Labute approximate surface area is 182 Å². The Morgan fingerprint density at radius 1 is 0.844 bits per heavy atom. The van der Waals surface area contributed by atoms with E-state index in [0.29, 0.717) is 0 Å². The highest BCUT2D eigenvalue weighted by Gasteiger charge is 2.36. The summed E-state index contributed by atoms with van der Waals surface area (Å²) in [6.07, 6.45) is -4.67. The Morgan fingerprint density at radius 3 is 2.09 bits per heavy atom. The number of halogens is 3. The van der Waals surface area contributed by atoms with Crippen LogP contribution in [0.3, 0.4) is 0 Å². The molecule has 32 heavy (non-hydrogen) atoms. The second-order valence-electron chi connectivity index (χ2n) is 6.85. The van der Waals surface area contributed by atoms with Crippen molar-refractivity contribution in [2.45, 2.75) is 22.6 Å². The van der Waals surface area contributed by atoms with Crippen molar-refractivity contribution in [1.82, 2.24) is 4.98 Å². The van der Waals surface area contributed by atoms with Gasteiger partial charge in [0.25, 0.3) is 0 Å². The van der Waals surface area contributed by atoms with Gasteiger partial charge in [0.05, 0.1) is 10.5 Å². The third-order valence-electron chi connectivity index (χ3n) is 4.66. The highest BCUT2D eigenvalue weighted by molar-refractivity contribution is 7.91. The van der Waals surface area contributed by atoms with Crippen molar-refractivity contribution in [3.63, 3.8) is 0 Å². The summed E-state index contributed by atoms with van der Waals surface area (Å²) >= 11 is 0. The second-order valence-corrected chi connectivity index (χ2v) is 8.72. The lowest BCUT2D eigenvalue weighted by Gasteiger charge is -2.09. The monoisotopic (exact) mass is 458 g/mol. The molecule has 0 aliphatic heterocycles. The van der Waals surface area contributed by atoms with Crippen molar-refractivity contribution >= 4 is 15.7 Å². The van der Waals surface area contributed by atoms with E-state index in [1.54, 1.807) is 18.2 Å². The van der Waals surface area contributed by atoms with E-state index in [1.165, 1.54) is 30.3 Å². The number of alkyl halides is 3. The average Bonchev–Trinajstić information content (AvgIpc) is 3.23. The molecule has 0 saturated carbocycles. The molecule has 3 aromatic carbocycles. The number of anilines is 1. The fourth-order valence-corrected chi connectivity index (χ4v) is 4.42. The smallest absolute Gasteiger partial charge is 0.417 e. The number of oxazole rings is 1. The van der Waals surface area contributed by atoms with Gasteiger partial charge in [-0.05, 0) is 29.8 Å². The van der Waals surface area contributed by atoms with E-state index in [0.717, 1.165) is 11.6 Å². The number of sulfone groups is 1. The van der Waals surface area contributed by atoms with Crippen LogP contribution in [0, 0.1) is 0 Å². The van der Waals surface area contributed by atoms with Crippen LogP contribution in [0.2, 0.25) is 0 Å². The lowest BCUT2D eigenvalue weighted by Crippen LogP contribution is -2.08. The van der Waals surface area contributed by atoms with E-state index in [4.69, 9.17) is 4.42 Å². The van der Waals surface area contributed by atoms with Crippen LogP contribution in [0.1, 0.15) is 11.1 Å². The van der Waals surface area contributed by atoms with Crippen LogP contribution in [-0.4, -0.2) is 13.4 Å². The molecule has 0 aliphatic carbocycles. The predicted octanol–water partition coefficient (Wildman–Crippen LogP) is 5.81. The third-order valence-corrected chi connectivity index (χ3v) is 6.34. The molecule has 1 N–H and O–H groups in total. The largest absolute Gasteiger partial charge is 0.419 e. The minimum absolute atomic E-state index is 0.0493. The van der Waals surface area contributed by atoms with E-state index in [2.05, 4.69) is 10.3 Å². The second kappa shape index (κ2) is 8.51. The van der Waals surface area contributed by atoms with Crippen molar-refractivity contribution in [3.05, 3.63) is 96.1 Å². The minimum Gasteiger partial charge on any atom is -0.419 e. The molecule has 4 rings (SSSR count). The van der Waals surface area contributed by atoms with Gasteiger partial charge in [-0.25, -0.2) is 8.42 Å². The molecular formula is C23H17F3N2O3S. The van der Waals surface area contributed by atoms with Crippen LogP contribution in [-0.2, 0) is 22.6 Å². The maximum Gasteiger partial charge on any atom is 0.417 e. The minimum atomic E-state index is -4.67. The lowest BCUT2D eigenvalue weighted by molar-refractivity contribution is -0.137. The fourth-order valence-electron chi connectivity index (χ4n) is 3.12. The summed E-state index contributed by atoms with van der Waals surface area (Å²) in [5.74, 6) is -0.673. The molecule has 5 nitrogen and oxygen atoms in total. The zero-order valence-corrected chi connectivity index (χ0v) is 17.3. The number of nitrogens with zero attached hydrogens (tertiary/aromatic N) is 1. The van der Waals surface area contributed by atoms with Crippen LogP contribution < -0.4 is 5.32 Å². The maximum absolute atomic E-state index is 13.5. The summed E-state index contributed by atoms with van der Waals surface area (Å²) in [6, 6.07) is 21.3. The first kappa shape index (κ1) is 21.6. The Balaban J connectivity index is 1.83. The van der Waals surface area contributed by atoms with Crippen LogP contribution in [0.15, 0.2) is 99.3 Å². The van der Waals surface area contributed by atoms with Gasteiger partial charge in [0.15, 0.2) is 0 Å². The molecule has 0 unspecified atom stereocenters. The van der Waals surface area contributed by atoms with E-state index < -0.39 is 32.5 Å². The molecule has 0 aliphatic rings. The van der Waals surface area contributed by atoms with Crippen LogP contribution in [0.5, 0.6) is 0 Å². The number of aromatic nitrogens is 1. The zero-order valence-electron chi connectivity index (χ0n) is 16.5. The first-order valence-corrected chi connectivity index (χ1v) is 11.0. The van der Waals surface area contributed by atoms with Crippen LogP contribution in [0.25, 0.3) is 11.5 Å². The normalized spacial score (nSPS) is 12.0. The van der Waals surface area contributed by atoms with Crippen molar-refractivity contribution < 1.29 is 26.0 Å². The van der Waals surface area contributed by atoms with Crippen molar-refractivity contribution in [2.75, 3.05) is 5.32 Å². The van der Waals surface area contributed by atoms with Crippen molar-refractivity contribution in [1.29, 1.82) is 0 Å². The topological polar surface area (TPSA) is 72.2 Å². The van der Waals surface area contributed by atoms with Gasteiger partial charge in [-0.2, -0.15) is 18.2 Å². The SMILES string of the molecule is O=S(=O)(c1ccccc1)c1nc(-c2ccccc2C(F)(F)F)oc1NCc1ccccc1. The first-order chi connectivity index (χ1) is 15.3. The lowest BCUT2D eigenvalue weighted by atomic mass is 10.1. The Kier molecular flexibility index (Phi) is 5.75. The van der Waals surface area contributed by atoms with E-state index in [-0.39, 0.29) is 22.9 Å². The summed E-state index contributed by atoms with van der Waals surface area (Å²) in [5, 5.41) is 2.38. The quantitative estimate of drug-likeness (QED) is 0.395. The van der Waals surface area contributed by atoms with Crippen LogP contribution in [0.4, 0.5) is 19.1 Å². The highest BCUT2D eigenvalue weighted by atomic mass is 32.2. The number of hydrogen-bond donors (Lipinski definition) is 1. The molecule has 0 fully saturated rings. The van der Waals surface area contributed by atoms with Crippen LogP contribution >= 0.6 is 0 Å². The molecule has 4 aromatic rings. The summed E-state index contributed by atoms with van der Waals surface area (Å²) in [7, 11) is -4.16. The molecular weight excluding hydrogens is 441 g/mol. The average molecular weight is 458 g/mol. The Morgan fingerprint density at radius 2 is 1.44 bits per heavy atom. The molecule has 0 bridgehead atoms. The van der Waals surface area contributed by atoms with Gasteiger partial charge < -0.3 is 9.73 Å². The molecule has 0 spiro atoms. The molecule has 0 atom stereocenters. The maximum atomic E-state index is 13.5. The molecule has 0 saturated heterocycles. The Hall–Kier alpha value is -3.59. The van der Waals surface area contributed by atoms with Crippen molar-refractivity contribution in [3.8, 4) is 11.5 Å². The molecule has 1 heterocycles. The molecule has 1 aromatic heterocycles. The third kappa shape index (κ3) is 4.38. The van der Waals surface area contributed by atoms with Gasteiger partial charge in [0.1, 0.15) is 0 Å². The molecule has 0 amide bonds. The molecule has 0 radical (unpaired) electrons. The highest BCUT2D eigenvalue weighted by Crippen LogP contribution is 2.39. The number of hydrogen-bond acceptors (Lipinski definition) is 5. The summed E-state index contributed by atoms with van der Waals surface area (Å²) in [6.45, 7) is 0.188. The summed E-state index contributed by atoms with van der Waals surface area (Å²) < 4.78 is 72.5. The standard InChI is InChI=1S/C23H17F3N2O3S/c24-23(25,26)19-14-8-7-13-18(19)20-28-22(32(29,30)17-11-5-2-6-12-17)21(31-20)27-15-16-9-3-1-4-10-16/h1-14,27H,15H2. The van der Waals surface area contributed by atoms with Gasteiger partial charge >= 0.3 is 6.18 Å². The van der Waals surface area contributed by atoms with E-state index in [1.807, 2.05) is 30.3 Å². The van der Waals surface area contributed by atoms with Gasteiger partial charge in [-0.1, -0.05) is 60.7 Å². The Bertz CT molecular complexity index is 1320. The molecule has 164 valence electrons. The summed E-state index contributed by atoms with van der Waals surface area (Å²) in [5.41, 5.74) is -0.499.